The third kappa shape index (κ3) is 7.45. The van der Waals surface area contributed by atoms with Crippen molar-refractivity contribution in [3.63, 3.8) is 0 Å². The molecule has 1 amide bonds. The van der Waals surface area contributed by atoms with E-state index in [1.54, 1.807) is 24.3 Å². The first-order valence-corrected chi connectivity index (χ1v) is 8.27. The molecule has 26 heavy (non-hydrogen) atoms. The van der Waals surface area contributed by atoms with Gasteiger partial charge in [-0.1, -0.05) is 30.3 Å². The van der Waals surface area contributed by atoms with E-state index in [-0.39, 0.29) is 6.07 Å². The van der Waals surface area contributed by atoms with Gasteiger partial charge >= 0.3 is 6.18 Å². The van der Waals surface area contributed by atoms with E-state index in [1.807, 2.05) is 6.07 Å². The standard InChI is InChI=1S/C8H5F4NO.C8H8O3S/c9-4-1-2-5(7(13)14)6(3-4)8(10,11)12;9-12(10,11)7-6-8-4-2-1-3-5-8/h1-3H,(H2,13,14);1-7H,(H,9,10,11)/b;7-6+. The molecule has 0 fully saturated rings. The van der Waals surface area contributed by atoms with Crippen LogP contribution in [0.5, 0.6) is 0 Å². The van der Waals surface area contributed by atoms with Crippen molar-refractivity contribution in [2.24, 2.45) is 5.73 Å². The van der Waals surface area contributed by atoms with Gasteiger partial charge in [-0.25, -0.2) is 4.39 Å². The number of carbonyl (C=O) groups is 1. The molecule has 0 aliphatic heterocycles. The normalized spacial score (nSPS) is 11.7. The minimum Gasteiger partial charge on any atom is -0.366 e. The number of alkyl halides is 3. The lowest BCUT2D eigenvalue weighted by Gasteiger charge is -2.09. The van der Waals surface area contributed by atoms with Gasteiger partial charge in [0.1, 0.15) is 5.82 Å². The van der Waals surface area contributed by atoms with Gasteiger partial charge < -0.3 is 5.73 Å². The van der Waals surface area contributed by atoms with Gasteiger partial charge in [0, 0.05) is 0 Å². The third-order valence-electron chi connectivity index (χ3n) is 2.78. The maximum Gasteiger partial charge on any atom is 0.417 e. The van der Waals surface area contributed by atoms with Crippen LogP contribution >= 0.6 is 0 Å². The minimum absolute atomic E-state index is 0.236. The van der Waals surface area contributed by atoms with Gasteiger partial charge in [0.05, 0.1) is 16.5 Å². The highest BCUT2D eigenvalue weighted by Gasteiger charge is 2.35. The van der Waals surface area contributed by atoms with Crippen molar-refractivity contribution in [1.82, 2.24) is 0 Å². The van der Waals surface area contributed by atoms with Crippen LogP contribution < -0.4 is 5.73 Å². The summed E-state index contributed by atoms with van der Waals surface area (Å²) in [6, 6.07) is 10.6. The summed E-state index contributed by atoms with van der Waals surface area (Å²) in [5, 5.41) is 0.752. The number of amides is 1. The van der Waals surface area contributed by atoms with Gasteiger partial charge in [-0.2, -0.15) is 21.6 Å². The molecule has 2 rings (SSSR count). The smallest absolute Gasteiger partial charge is 0.366 e. The molecular formula is C16H13F4NO4S. The number of benzene rings is 2. The molecule has 0 spiro atoms. The van der Waals surface area contributed by atoms with Crippen LogP contribution in [0.3, 0.4) is 0 Å². The van der Waals surface area contributed by atoms with Crippen molar-refractivity contribution in [3.8, 4) is 0 Å². The van der Waals surface area contributed by atoms with Gasteiger partial charge in [0.15, 0.2) is 0 Å². The third-order valence-corrected chi connectivity index (χ3v) is 3.26. The predicted octanol–water partition coefficient (Wildman–Crippen LogP) is 3.49. The first-order valence-electron chi connectivity index (χ1n) is 6.77. The van der Waals surface area contributed by atoms with Crippen LogP contribution in [0.2, 0.25) is 0 Å². The summed E-state index contributed by atoms with van der Waals surface area (Å²) >= 11 is 0. The Morgan fingerprint density at radius 3 is 2.12 bits per heavy atom. The molecule has 0 unspecified atom stereocenters. The van der Waals surface area contributed by atoms with Crippen molar-refractivity contribution < 1.29 is 35.3 Å². The molecule has 0 aromatic heterocycles. The fraction of sp³-hybridized carbons (Fsp3) is 0.0625. The molecule has 2 aromatic rings. The number of carbonyl (C=O) groups excluding carboxylic acids is 1. The van der Waals surface area contributed by atoms with Crippen LogP contribution in [0, 0.1) is 5.82 Å². The second kappa shape index (κ2) is 8.59. The topological polar surface area (TPSA) is 97.5 Å². The maximum atomic E-state index is 12.5. The zero-order chi connectivity index (χ0) is 20.0. The van der Waals surface area contributed by atoms with Crippen LogP contribution in [-0.4, -0.2) is 18.9 Å². The molecule has 0 saturated heterocycles. The van der Waals surface area contributed by atoms with Crippen LogP contribution in [0.15, 0.2) is 53.9 Å². The van der Waals surface area contributed by atoms with Crippen molar-refractivity contribution in [2.75, 3.05) is 0 Å². The number of nitrogens with two attached hydrogens (primary N) is 1. The molecule has 0 aliphatic rings. The van der Waals surface area contributed by atoms with E-state index in [9.17, 15) is 30.8 Å². The lowest BCUT2D eigenvalue weighted by molar-refractivity contribution is -0.138. The quantitative estimate of drug-likeness (QED) is 0.618. The average Bonchev–Trinajstić information content (AvgIpc) is 2.53. The van der Waals surface area contributed by atoms with E-state index in [2.05, 4.69) is 0 Å². The number of rotatable bonds is 3. The second-order valence-electron chi connectivity index (χ2n) is 4.78. The molecular weight excluding hydrogens is 378 g/mol. The Balaban J connectivity index is 0.000000263. The zero-order valence-electron chi connectivity index (χ0n) is 12.9. The van der Waals surface area contributed by atoms with E-state index in [0.717, 1.165) is 17.0 Å². The molecule has 140 valence electrons. The van der Waals surface area contributed by atoms with Gasteiger partial charge in [0.25, 0.3) is 10.1 Å². The molecule has 0 heterocycles. The molecule has 0 aliphatic carbocycles. The lowest BCUT2D eigenvalue weighted by atomic mass is 10.1. The largest absolute Gasteiger partial charge is 0.417 e. The summed E-state index contributed by atoms with van der Waals surface area (Å²) in [7, 11) is -4.00. The number of hydrogen-bond donors (Lipinski definition) is 2. The number of hydrogen-bond acceptors (Lipinski definition) is 3. The lowest BCUT2D eigenvalue weighted by Crippen LogP contribution is -2.18. The summed E-state index contributed by atoms with van der Waals surface area (Å²) in [5.74, 6) is -2.31. The highest BCUT2D eigenvalue weighted by molar-refractivity contribution is 7.88. The van der Waals surface area contributed by atoms with Crippen LogP contribution in [0.25, 0.3) is 6.08 Å². The fourth-order valence-electron chi connectivity index (χ4n) is 1.69. The summed E-state index contributed by atoms with van der Waals surface area (Å²) in [6.45, 7) is 0. The highest BCUT2D eigenvalue weighted by atomic mass is 32.2. The van der Waals surface area contributed by atoms with E-state index in [0.29, 0.717) is 6.07 Å². The van der Waals surface area contributed by atoms with Gasteiger partial charge in [-0.05, 0) is 29.8 Å². The van der Waals surface area contributed by atoms with Crippen LogP contribution in [0.1, 0.15) is 21.5 Å². The van der Waals surface area contributed by atoms with Crippen LogP contribution in [0.4, 0.5) is 17.6 Å². The number of primary amides is 1. The molecule has 2 aromatic carbocycles. The Hall–Kier alpha value is -2.72. The Labute approximate surface area is 146 Å². The van der Waals surface area contributed by atoms with E-state index in [1.165, 1.54) is 6.08 Å². The Morgan fingerprint density at radius 1 is 1.08 bits per heavy atom. The summed E-state index contributed by atoms with van der Waals surface area (Å²) in [6.07, 6.45) is -3.46. The molecule has 10 heteroatoms. The SMILES string of the molecule is NC(=O)c1ccc(F)cc1C(F)(F)F.O=S(=O)(O)/C=C/c1ccccc1. The Kier molecular flexibility index (Phi) is 7.04. The van der Waals surface area contributed by atoms with E-state index >= 15 is 0 Å². The first-order chi connectivity index (χ1) is 11.9. The van der Waals surface area contributed by atoms with E-state index < -0.39 is 39.1 Å². The van der Waals surface area contributed by atoms with Crippen molar-refractivity contribution >= 4 is 22.1 Å². The second-order valence-corrected chi connectivity index (χ2v) is 6.08. The van der Waals surface area contributed by atoms with Crippen molar-refractivity contribution in [2.45, 2.75) is 6.18 Å². The minimum atomic E-state index is -4.79. The van der Waals surface area contributed by atoms with Gasteiger partial charge in [-0.15, -0.1) is 0 Å². The molecule has 0 atom stereocenters. The molecule has 3 N–H and O–H groups in total. The predicted molar refractivity (Wildman–Crippen MR) is 86.9 cm³/mol. The van der Waals surface area contributed by atoms with Crippen molar-refractivity contribution in [1.29, 1.82) is 0 Å². The van der Waals surface area contributed by atoms with Crippen molar-refractivity contribution in [3.05, 3.63) is 76.4 Å². The maximum absolute atomic E-state index is 12.5. The molecule has 5 nitrogen and oxygen atoms in total. The highest BCUT2D eigenvalue weighted by Crippen LogP contribution is 2.32. The molecule has 0 bridgehead atoms. The average molecular weight is 391 g/mol. The first kappa shape index (κ1) is 21.3. The van der Waals surface area contributed by atoms with Gasteiger partial charge in [0.2, 0.25) is 5.91 Å². The summed E-state index contributed by atoms with van der Waals surface area (Å²) in [5.41, 5.74) is 3.34. The Morgan fingerprint density at radius 2 is 1.65 bits per heavy atom. The zero-order valence-corrected chi connectivity index (χ0v) is 13.8. The monoisotopic (exact) mass is 391 g/mol. The van der Waals surface area contributed by atoms with Crippen LogP contribution in [-0.2, 0) is 16.3 Å². The van der Waals surface area contributed by atoms with Gasteiger partial charge in [-0.3, -0.25) is 9.35 Å². The number of halogens is 4. The summed E-state index contributed by atoms with van der Waals surface area (Å²) in [4.78, 5) is 10.6. The Bertz CT molecular complexity index is 894. The van der Waals surface area contributed by atoms with E-state index in [4.69, 9.17) is 10.3 Å². The molecule has 0 radical (unpaired) electrons. The fourth-order valence-corrected chi connectivity index (χ4v) is 2.02. The summed E-state index contributed by atoms with van der Waals surface area (Å²) < 4.78 is 78.0. The molecule has 0 saturated carbocycles.